The molecule has 4 nitrogen and oxygen atoms in total. The summed E-state index contributed by atoms with van der Waals surface area (Å²) < 4.78 is 13.5. The molecule has 0 heterocycles. The van der Waals surface area contributed by atoms with Crippen molar-refractivity contribution in [2.45, 2.75) is 13.1 Å². The zero-order valence-corrected chi connectivity index (χ0v) is 12.3. The number of nitrogens with one attached hydrogen (secondary N) is 2. The van der Waals surface area contributed by atoms with Gasteiger partial charge in [0, 0.05) is 25.7 Å². The lowest BCUT2D eigenvalue weighted by atomic mass is 10.1. The first kappa shape index (κ1) is 15.5. The predicted molar refractivity (Wildman–Crippen MR) is 84.6 cm³/mol. The molecule has 0 fully saturated rings. The first-order valence-corrected chi connectivity index (χ1v) is 6.90. The smallest absolute Gasteiger partial charge is 0.191 e. The van der Waals surface area contributed by atoms with Crippen molar-refractivity contribution in [1.82, 2.24) is 10.6 Å². The second kappa shape index (κ2) is 7.79. The lowest BCUT2D eigenvalue weighted by Gasteiger charge is -2.12. The fourth-order valence-electron chi connectivity index (χ4n) is 1.92. The van der Waals surface area contributed by atoms with E-state index in [4.69, 9.17) is 5.26 Å². The number of nitrogens with zero attached hydrogens (tertiary/aromatic N) is 2. The van der Waals surface area contributed by atoms with Gasteiger partial charge in [-0.25, -0.2) is 4.39 Å². The van der Waals surface area contributed by atoms with Gasteiger partial charge in [-0.3, -0.25) is 4.99 Å². The van der Waals surface area contributed by atoms with Crippen molar-refractivity contribution < 1.29 is 4.39 Å². The molecule has 0 spiro atoms. The molecule has 0 saturated heterocycles. The fourth-order valence-corrected chi connectivity index (χ4v) is 1.92. The van der Waals surface area contributed by atoms with Crippen LogP contribution in [0, 0.1) is 17.1 Å². The molecule has 0 aliphatic heterocycles. The number of nitriles is 1. The van der Waals surface area contributed by atoms with Gasteiger partial charge in [-0.05, 0) is 23.8 Å². The summed E-state index contributed by atoms with van der Waals surface area (Å²) in [6.45, 7) is 0.933. The van der Waals surface area contributed by atoms with Crippen molar-refractivity contribution in [2.75, 3.05) is 7.05 Å². The zero-order chi connectivity index (χ0) is 15.8. The van der Waals surface area contributed by atoms with Gasteiger partial charge in [-0.15, -0.1) is 0 Å². The van der Waals surface area contributed by atoms with E-state index in [0.29, 0.717) is 30.2 Å². The average Bonchev–Trinajstić information content (AvgIpc) is 2.57. The van der Waals surface area contributed by atoms with E-state index in [1.165, 1.54) is 6.07 Å². The third kappa shape index (κ3) is 4.32. The lowest BCUT2D eigenvalue weighted by Crippen LogP contribution is -2.36. The number of hydrogen-bond donors (Lipinski definition) is 2. The van der Waals surface area contributed by atoms with Crippen LogP contribution >= 0.6 is 0 Å². The molecule has 5 heteroatoms. The molecule has 0 aliphatic rings. The van der Waals surface area contributed by atoms with Crippen LogP contribution in [0.1, 0.15) is 16.7 Å². The van der Waals surface area contributed by atoms with Gasteiger partial charge in [0.1, 0.15) is 5.82 Å². The minimum Gasteiger partial charge on any atom is -0.352 e. The Morgan fingerprint density at radius 1 is 1.09 bits per heavy atom. The summed E-state index contributed by atoms with van der Waals surface area (Å²) in [5.74, 6) is 0.352. The molecule has 112 valence electrons. The number of hydrogen-bond acceptors (Lipinski definition) is 2. The Morgan fingerprint density at radius 2 is 1.77 bits per heavy atom. The molecule has 2 N–H and O–H groups in total. The molecule has 0 radical (unpaired) electrons. The Labute approximate surface area is 129 Å². The van der Waals surface area contributed by atoms with Crippen molar-refractivity contribution in [3.8, 4) is 6.07 Å². The van der Waals surface area contributed by atoms with Crippen molar-refractivity contribution in [3.05, 3.63) is 71.0 Å². The second-order valence-corrected chi connectivity index (χ2v) is 4.68. The van der Waals surface area contributed by atoms with Crippen molar-refractivity contribution in [1.29, 1.82) is 5.26 Å². The molecule has 0 aromatic heterocycles. The van der Waals surface area contributed by atoms with E-state index in [-0.39, 0.29) is 5.82 Å². The van der Waals surface area contributed by atoms with E-state index in [1.807, 2.05) is 12.1 Å². The highest BCUT2D eigenvalue weighted by atomic mass is 19.1. The van der Waals surface area contributed by atoms with E-state index in [1.54, 1.807) is 37.4 Å². The van der Waals surface area contributed by atoms with Crippen LogP contribution in [0.5, 0.6) is 0 Å². The number of guanidine groups is 1. The minimum atomic E-state index is -0.238. The van der Waals surface area contributed by atoms with Gasteiger partial charge < -0.3 is 10.6 Å². The summed E-state index contributed by atoms with van der Waals surface area (Å²) in [5, 5.41) is 15.0. The van der Waals surface area contributed by atoms with Crippen LogP contribution in [0.2, 0.25) is 0 Å². The first-order chi connectivity index (χ1) is 10.7. The molecular formula is C17H17FN4. The molecule has 0 bridgehead atoms. The van der Waals surface area contributed by atoms with E-state index in [2.05, 4.69) is 21.7 Å². The van der Waals surface area contributed by atoms with E-state index < -0.39 is 0 Å². The Balaban J connectivity index is 1.87. The molecule has 2 rings (SSSR count). The molecule has 0 saturated carbocycles. The quantitative estimate of drug-likeness (QED) is 0.673. The Kier molecular flexibility index (Phi) is 5.50. The van der Waals surface area contributed by atoms with Gasteiger partial charge >= 0.3 is 0 Å². The molecule has 0 aliphatic carbocycles. The Hall–Kier alpha value is -2.87. The van der Waals surface area contributed by atoms with Crippen molar-refractivity contribution in [3.63, 3.8) is 0 Å². The summed E-state index contributed by atoms with van der Waals surface area (Å²) in [6.07, 6.45) is 0. The maximum Gasteiger partial charge on any atom is 0.191 e. The number of aliphatic imine (C=N–C) groups is 1. The Morgan fingerprint density at radius 3 is 2.41 bits per heavy atom. The topological polar surface area (TPSA) is 60.2 Å². The molecule has 22 heavy (non-hydrogen) atoms. The third-order valence-corrected chi connectivity index (χ3v) is 3.17. The first-order valence-electron chi connectivity index (χ1n) is 6.90. The summed E-state index contributed by atoms with van der Waals surface area (Å²) in [7, 11) is 1.66. The maximum absolute atomic E-state index is 13.5. The monoisotopic (exact) mass is 296 g/mol. The van der Waals surface area contributed by atoms with Crippen LogP contribution in [0.25, 0.3) is 0 Å². The SMILES string of the molecule is CN=C(NCc1ccc(C#N)cc1)NCc1ccccc1F. The third-order valence-electron chi connectivity index (χ3n) is 3.17. The van der Waals surface area contributed by atoms with Crippen molar-refractivity contribution >= 4 is 5.96 Å². The van der Waals surface area contributed by atoms with Crippen LogP contribution < -0.4 is 10.6 Å². The minimum absolute atomic E-state index is 0.238. The Bertz CT molecular complexity index is 687. The van der Waals surface area contributed by atoms with Gasteiger partial charge in [0.2, 0.25) is 0 Å². The summed E-state index contributed by atoms with van der Waals surface area (Å²) in [4.78, 5) is 4.10. The molecule has 2 aromatic rings. The molecule has 0 atom stereocenters. The summed E-state index contributed by atoms with van der Waals surface area (Å²) >= 11 is 0. The standard InChI is InChI=1S/C17H17FN4/c1-20-17(22-12-15-4-2-3-5-16(15)18)21-11-14-8-6-13(10-19)7-9-14/h2-9H,11-12H2,1H3,(H2,20,21,22). The van der Waals surface area contributed by atoms with Crippen LogP contribution in [-0.2, 0) is 13.1 Å². The summed E-state index contributed by atoms with van der Waals surface area (Å²) in [6, 6.07) is 16.0. The normalized spacial score (nSPS) is 10.9. The molecule has 0 unspecified atom stereocenters. The van der Waals surface area contributed by atoms with Gasteiger partial charge in [0.15, 0.2) is 5.96 Å². The second-order valence-electron chi connectivity index (χ2n) is 4.68. The van der Waals surface area contributed by atoms with Crippen molar-refractivity contribution in [2.24, 2.45) is 4.99 Å². The van der Waals surface area contributed by atoms with Crippen LogP contribution in [0.15, 0.2) is 53.5 Å². The maximum atomic E-state index is 13.5. The van der Waals surface area contributed by atoms with Gasteiger partial charge in [0.05, 0.1) is 11.6 Å². The predicted octanol–water partition coefficient (Wildman–Crippen LogP) is 2.56. The molecule has 2 aromatic carbocycles. The highest BCUT2D eigenvalue weighted by Crippen LogP contribution is 2.05. The van der Waals surface area contributed by atoms with E-state index in [9.17, 15) is 4.39 Å². The molecular weight excluding hydrogens is 279 g/mol. The van der Waals surface area contributed by atoms with Gasteiger partial charge in [-0.1, -0.05) is 30.3 Å². The van der Waals surface area contributed by atoms with Gasteiger partial charge in [0.25, 0.3) is 0 Å². The molecule has 0 amide bonds. The van der Waals surface area contributed by atoms with Crippen LogP contribution in [0.4, 0.5) is 4.39 Å². The zero-order valence-electron chi connectivity index (χ0n) is 12.3. The van der Waals surface area contributed by atoms with Gasteiger partial charge in [-0.2, -0.15) is 5.26 Å². The highest BCUT2D eigenvalue weighted by molar-refractivity contribution is 5.79. The van der Waals surface area contributed by atoms with Crippen LogP contribution in [0.3, 0.4) is 0 Å². The largest absolute Gasteiger partial charge is 0.352 e. The number of benzene rings is 2. The number of rotatable bonds is 4. The lowest BCUT2D eigenvalue weighted by molar-refractivity contribution is 0.604. The fraction of sp³-hybridized carbons (Fsp3) is 0.176. The number of halogens is 1. The average molecular weight is 296 g/mol. The van der Waals surface area contributed by atoms with Crippen LogP contribution in [-0.4, -0.2) is 13.0 Å². The van der Waals surface area contributed by atoms with E-state index in [0.717, 1.165) is 5.56 Å². The summed E-state index contributed by atoms with van der Waals surface area (Å²) in [5.41, 5.74) is 2.25. The van der Waals surface area contributed by atoms with E-state index >= 15 is 0 Å². The highest BCUT2D eigenvalue weighted by Gasteiger charge is 2.02.